The molecule has 3 rings (SSSR count). The standard InChI is InChI=1S/C18H28N4O2.CH2O2/c1-21(2)15-8-12-10-16(11-13(12)9-15)22(3)18(24)7-5-14-4-6-17(23)20-19-14;2-1-3/h4,6,12-13,15-16H,5,7-11H2,1-3H3,(H,20,23);1H,(H,2,3)/t12-,13+,15?,16?;. The van der Waals surface area contributed by atoms with E-state index in [1.54, 1.807) is 6.07 Å². The Hall–Kier alpha value is -2.22. The molecule has 0 spiro atoms. The maximum absolute atomic E-state index is 12.5. The van der Waals surface area contributed by atoms with Crippen molar-refractivity contribution in [2.45, 2.75) is 50.6 Å². The van der Waals surface area contributed by atoms with Gasteiger partial charge in [-0.3, -0.25) is 14.4 Å². The number of hydrogen-bond donors (Lipinski definition) is 2. The van der Waals surface area contributed by atoms with E-state index in [0.29, 0.717) is 24.9 Å². The highest BCUT2D eigenvalue weighted by Crippen LogP contribution is 2.46. The number of nitrogens with one attached hydrogen (secondary N) is 1. The third-order valence-electron chi connectivity index (χ3n) is 5.97. The van der Waals surface area contributed by atoms with E-state index in [0.717, 1.165) is 30.4 Å². The summed E-state index contributed by atoms with van der Waals surface area (Å²) in [6.45, 7) is -0.250. The second kappa shape index (κ2) is 9.64. The van der Waals surface area contributed by atoms with Crippen LogP contribution in [0, 0.1) is 11.8 Å². The largest absolute Gasteiger partial charge is 0.483 e. The molecule has 0 aromatic carbocycles. The Morgan fingerprint density at radius 3 is 2.22 bits per heavy atom. The van der Waals surface area contributed by atoms with Crippen molar-refractivity contribution in [3.8, 4) is 0 Å². The molecule has 2 aliphatic rings. The summed E-state index contributed by atoms with van der Waals surface area (Å²) >= 11 is 0. The van der Waals surface area contributed by atoms with Gasteiger partial charge < -0.3 is 14.9 Å². The van der Waals surface area contributed by atoms with Gasteiger partial charge in [0.2, 0.25) is 5.91 Å². The summed E-state index contributed by atoms with van der Waals surface area (Å²) in [5, 5.41) is 13.3. The Kier molecular flexibility index (Phi) is 7.53. The maximum atomic E-state index is 12.5. The van der Waals surface area contributed by atoms with Gasteiger partial charge in [-0.05, 0) is 57.7 Å². The summed E-state index contributed by atoms with van der Waals surface area (Å²) in [7, 11) is 6.28. The molecule has 0 saturated heterocycles. The van der Waals surface area contributed by atoms with E-state index in [-0.39, 0.29) is 17.9 Å². The van der Waals surface area contributed by atoms with Crippen LogP contribution in [-0.4, -0.2) is 70.7 Å². The first-order valence-electron chi connectivity index (χ1n) is 9.40. The third kappa shape index (κ3) is 5.63. The number of amides is 1. The molecule has 150 valence electrons. The Morgan fingerprint density at radius 1 is 1.19 bits per heavy atom. The predicted molar refractivity (Wildman–Crippen MR) is 101 cm³/mol. The Morgan fingerprint density at radius 2 is 1.74 bits per heavy atom. The number of hydrogen-bond acceptors (Lipinski definition) is 5. The van der Waals surface area contributed by atoms with Crippen LogP contribution < -0.4 is 5.56 Å². The molecule has 2 fully saturated rings. The van der Waals surface area contributed by atoms with Crippen molar-refractivity contribution in [3.63, 3.8) is 0 Å². The molecule has 8 heteroatoms. The van der Waals surface area contributed by atoms with Crippen molar-refractivity contribution >= 4 is 12.4 Å². The number of carbonyl (C=O) groups is 2. The van der Waals surface area contributed by atoms with Crippen LogP contribution in [0.2, 0.25) is 0 Å². The molecule has 1 amide bonds. The van der Waals surface area contributed by atoms with Crippen molar-refractivity contribution in [1.29, 1.82) is 0 Å². The van der Waals surface area contributed by atoms with E-state index < -0.39 is 0 Å². The molecular formula is C19H30N4O4. The van der Waals surface area contributed by atoms with Crippen molar-refractivity contribution in [1.82, 2.24) is 20.0 Å². The molecule has 8 nitrogen and oxygen atoms in total. The van der Waals surface area contributed by atoms with Crippen LogP contribution in [0.25, 0.3) is 0 Å². The normalized spacial score (nSPS) is 26.2. The number of carboxylic acid groups (broad SMARTS) is 1. The smallest absolute Gasteiger partial charge is 0.290 e. The number of rotatable bonds is 5. The minimum absolute atomic E-state index is 0.178. The number of nitrogens with zero attached hydrogens (tertiary/aromatic N) is 3. The van der Waals surface area contributed by atoms with Crippen molar-refractivity contribution in [3.05, 3.63) is 28.2 Å². The monoisotopic (exact) mass is 378 g/mol. The SMILES string of the molecule is CN(C)C1C[C@@H]2CC(N(C)C(=O)CCc3ccc(=O)[nH]n3)C[C@@H]2C1.O=CO. The van der Waals surface area contributed by atoms with Gasteiger partial charge in [0.05, 0.1) is 5.69 Å². The molecule has 27 heavy (non-hydrogen) atoms. The van der Waals surface area contributed by atoms with E-state index in [1.165, 1.54) is 18.9 Å². The fraction of sp³-hybridized carbons (Fsp3) is 0.684. The fourth-order valence-corrected chi connectivity index (χ4v) is 4.42. The first-order chi connectivity index (χ1) is 12.8. The second-order valence-electron chi connectivity index (χ2n) is 7.76. The van der Waals surface area contributed by atoms with Crippen LogP contribution in [0.15, 0.2) is 16.9 Å². The molecule has 1 aromatic heterocycles. The van der Waals surface area contributed by atoms with Crippen LogP contribution in [0.1, 0.15) is 37.8 Å². The van der Waals surface area contributed by atoms with Gasteiger partial charge in [0.15, 0.2) is 0 Å². The molecule has 2 saturated carbocycles. The number of aryl methyl sites for hydroxylation is 1. The topological polar surface area (TPSA) is 107 Å². The molecule has 2 unspecified atom stereocenters. The molecule has 2 N–H and O–H groups in total. The maximum Gasteiger partial charge on any atom is 0.290 e. The van der Waals surface area contributed by atoms with Crippen molar-refractivity contribution in [2.24, 2.45) is 11.8 Å². The zero-order chi connectivity index (χ0) is 20.0. The highest BCUT2D eigenvalue weighted by Gasteiger charge is 2.43. The van der Waals surface area contributed by atoms with E-state index in [2.05, 4.69) is 29.2 Å². The van der Waals surface area contributed by atoms with Crippen LogP contribution in [0.5, 0.6) is 0 Å². The number of fused-ring (bicyclic) bond motifs is 1. The summed E-state index contributed by atoms with van der Waals surface area (Å²) < 4.78 is 0. The van der Waals surface area contributed by atoms with E-state index in [9.17, 15) is 9.59 Å². The quantitative estimate of drug-likeness (QED) is 0.740. The minimum Gasteiger partial charge on any atom is -0.483 e. The Bertz CT molecular complexity index is 656. The van der Waals surface area contributed by atoms with Gasteiger partial charge in [0, 0.05) is 38.0 Å². The first kappa shape index (κ1) is 21.1. The summed E-state index contributed by atoms with van der Waals surface area (Å²) in [6.07, 6.45) is 5.86. The van der Waals surface area contributed by atoms with Crippen LogP contribution in [0.3, 0.4) is 0 Å². The zero-order valence-corrected chi connectivity index (χ0v) is 16.3. The number of aromatic nitrogens is 2. The minimum atomic E-state index is -0.250. The zero-order valence-electron chi connectivity index (χ0n) is 16.3. The van der Waals surface area contributed by atoms with Gasteiger partial charge in [-0.15, -0.1) is 0 Å². The van der Waals surface area contributed by atoms with Gasteiger partial charge in [0.1, 0.15) is 0 Å². The lowest BCUT2D eigenvalue weighted by molar-refractivity contribution is -0.132. The molecule has 1 heterocycles. The molecule has 2 aliphatic carbocycles. The van der Waals surface area contributed by atoms with Crippen LogP contribution >= 0.6 is 0 Å². The summed E-state index contributed by atoms with van der Waals surface area (Å²) in [6, 6.07) is 4.25. The molecule has 1 aromatic rings. The van der Waals surface area contributed by atoms with Gasteiger partial charge in [-0.2, -0.15) is 5.10 Å². The molecule has 0 radical (unpaired) electrons. The Balaban J connectivity index is 0.000000817. The van der Waals surface area contributed by atoms with E-state index in [4.69, 9.17) is 9.90 Å². The molecular weight excluding hydrogens is 348 g/mol. The fourth-order valence-electron chi connectivity index (χ4n) is 4.42. The second-order valence-corrected chi connectivity index (χ2v) is 7.76. The lowest BCUT2D eigenvalue weighted by Crippen LogP contribution is -2.36. The summed E-state index contributed by atoms with van der Waals surface area (Å²) in [5.41, 5.74) is 0.546. The lowest BCUT2D eigenvalue weighted by Gasteiger charge is -2.27. The number of aromatic amines is 1. The van der Waals surface area contributed by atoms with E-state index >= 15 is 0 Å². The molecule has 0 aliphatic heterocycles. The lowest BCUT2D eigenvalue weighted by atomic mass is 10.0. The van der Waals surface area contributed by atoms with Gasteiger partial charge in [0.25, 0.3) is 12.0 Å². The molecule has 0 bridgehead atoms. The summed E-state index contributed by atoms with van der Waals surface area (Å²) in [5.74, 6) is 1.73. The van der Waals surface area contributed by atoms with Gasteiger partial charge >= 0.3 is 0 Å². The van der Waals surface area contributed by atoms with Crippen LogP contribution in [-0.2, 0) is 16.0 Å². The average Bonchev–Trinajstić information content (AvgIpc) is 3.20. The Labute approximate surface area is 159 Å². The molecule has 4 atom stereocenters. The highest BCUT2D eigenvalue weighted by molar-refractivity contribution is 5.76. The summed E-state index contributed by atoms with van der Waals surface area (Å²) in [4.78, 5) is 36.1. The van der Waals surface area contributed by atoms with Gasteiger partial charge in [-0.25, -0.2) is 5.10 Å². The number of H-pyrrole nitrogens is 1. The average molecular weight is 378 g/mol. The number of carbonyl (C=O) groups excluding carboxylic acids is 1. The third-order valence-corrected chi connectivity index (χ3v) is 5.97. The van der Waals surface area contributed by atoms with Crippen molar-refractivity contribution < 1.29 is 14.7 Å². The van der Waals surface area contributed by atoms with Crippen LogP contribution in [0.4, 0.5) is 0 Å². The highest BCUT2D eigenvalue weighted by atomic mass is 16.3. The first-order valence-corrected chi connectivity index (χ1v) is 9.40. The van der Waals surface area contributed by atoms with Crippen molar-refractivity contribution in [2.75, 3.05) is 21.1 Å². The van der Waals surface area contributed by atoms with E-state index in [1.807, 2.05) is 11.9 Å². The predicted octanol–water partition coefficient (Wildman–Crippen LogP) is 0.981. The van der Waals surface area contributed by atoms with Gasteiger partial charge in [-0.1, -0.05) is 0 Å².